The van der Waals surface area contributed by atoms with Gasteiger partial charge < -0.3 is 0 Å². The van der Waals surface area contributed by atoms with Crippen LogP contribution in [0, 0.1) is 5.41 Å². The summed E-state index contributed by atoms with van der Waals surface area (Å²) < 4.78 is 0. The Hall–Kier alpha value is -7.56. The number of benzene rings is 6. The first-order valence-electron chi connectivity index (χ1n) is 21.2. The van der Waals surface area contributed by atoms with Crippen molar-refractivity contribution in [1.82, 2.24) is 15.0 Å². The van der Waals surface area contributed by atoms with Crippen LogP contribution in [-0.4, -0.2) is 20.7 Å². The summed E-state index contributed by atoms with van der Waals surface area (Å²) in [5.41, 5.74) is 19.0. The first kappa shape index (κ1) is 35.4. The molecule has 288 valence electrons. The summed E-state index contributed by atoms with van der Waals surface area (Å²) in [5.74, 6) is 0. The van der Waals surface area contributed by atoms with Crippen LogP contribution in [0.1, 0.15) is 41.3 Å². The van der Waals surface area contributed by atoms with Gasteiger partial charge in [-0.1, -0.05) is 153 Å². The Morgan fingerprint density at radius 1 is 0.459 bits per heavy atom. The zero-order valence-electron chi connectivity index (χ0n) is 33.8. The van der Waals surface area contributed by atoms with Gasteiger partial charge in [-0.05, 0) is 109 Å². The number of nitrogens with zero attached hydrogens (tertiary/aromatic N) is 4. The van der Waals surface area contributed by atoms with E-state index in [-0.39, 0.29) is 5.41 Å². The highest BCUT2D eigenvalue weighted by molar-refractivity contribution is 6.12. The van der Waals surface area contributed by atoms with Gasteiger partial charge in [0.15, 0.2) is 0 Å². The monoisotopic (exact) mass is 780 g/mol. The van der Waals surface area contributed by atoms with Gasteiger partial charge in [-0.25, -0.2) is 0 Å². The fourth-order valence-electron chi connectivity index (χ4n) is 9.99. The molecule has 6 aromatic carbocycles. The fourth-order valence-corrected chi connectivity index (χ4v) is 9.99. The van der Waals surface area contributed by atoms with Gasteiger partial charge in [-0.3, -0.25) is 19.9 Å². The van der Waals surface area contributed by atoms with Crippen molar-refractivity contribution >= 4 is 38.9 Å². The Morgan fingerprint density at radius 3 is 1.57 bits per heavy atom. The summed E-state index contributed by atoms with van der Waals surface area (Å²) in [7, 11) is 0. The molecule has 0 saturated carbocycles. The molecule has 4 heteroatoms. The smallest absolute Gasteiger partial charge is 0.0926 e. The Labute approximate surface area is 355 Å². The molecular weight excluding hydrogens is 741 g/mol. The number of aromatic nitrogens is 3. The van der Waals surface area contributed by atoms with Crippen molar-refractivity contribution in [2.75, 3.05) is 0 Å². The van der Waals surface area contributed by atoms with Gasteiger partial charge >= 0.3 is 0 Å². The Balaban J connectivity index is 0.873. The third-order valence-electron chi connectivity index (χ3n) is 13.0. The second-order valence-corrected chi connectivity index (χ2v) is 16.8. The minimum atomic E-state index is -0.249. The fraction of sp³-hybridized carbons (Fsp3) is 0.0877. The van der Waals surface area contributed by atoms with Gasteiger partial charge in [0.1, 0.15) is 0 Å². The molecule has 4 heterocycles. The van der Waals surface area contributed by atoms with E-state index in [0.29, 0.717) is 0 Å². The van der Waals surface area contributed by atoms with Gasteiger partial charge in [0.2, 0.25) is 0 Å². The van der Waals surface area contributed by atoms with Gasteiger partial charge in [0.05, 0.1) is 22.8 Å². The van der Waals surface area contributed by atoms with Crippen LogP contribution in [0.4, 0.5) is 0 Å². The van der Waals surface area contributed by atoms with E-state index in [1.165, 1.54) is 49.4 Å². The molecule has 0 amide bonds. The van der Waals surface area contributed by atoms with Crippen molar-refractivity contribution in [3.05, 3.63) is 210 Å². The molecule has 0 bridgehead atoms. The molecule has 1 unspecified atom stereocenters. The van der Waals surface area contributed by atoms with Crippen molar-refractivity contribution in [2.24, 2.45) is 10.4 Å². The van der Waals surface area contributed by atoms with Crippen LogP contribution in [0.3, 0.4) is 0 Å². The van der Waals surface area contributed by atoms with Crippen molar-refractivity contribution < 1.29 is 0 Å². The van der Waals surface area contributed by atoms with E-state index in [4.69, 9.17) is 19.9 Å². The largest absolute Gasteiger partial charge is 0.258 e. The molecule has 61 heavy (non-hydrogen) atoms. The van der Waals surface area contributed by atoms with Gasteiger partial charge in [-0.15, -0.1) is 0 Å². The van der Waals surface area contributed by atoms with E-state index in [9.17, 15) is 0 Å². The molecule has 0 N–H and O–H groups in total. The van der Waals surface area contributed by atoms with Crippen LogP contribution in [-0.2, 0) is 12.8 Å². The van der Waals surface area contributed by atoms with Crippen LogP contribution in [0.25, 0.3) is 89.1 Å². The lowest BCUT2D eigenvalue weighted by Crippen LogP contribution is -2.32. The number of aryl methyl sites for hydroxylation is 2. The highest BCUT2D eigenvalue weighted by Crippen LogP contribution is 2.46. The van der Waals surface area contributed by atoms with E-state index in [1.807, 2.05) is 18.6 Å². The molecule has 0 saturated heterocycles. The number of hydrogen-bond acceptors (Lipinski definition) is 4. The van der Waals surface area contributed by atoms with Crippen molar-refractivity contribution in [3.63, 3.8) is 0 Å². The second-order valence-electron chi connectivity index (χ2n) is 16.8. The number of aliphatic imine (C=N–C) groups is 1. The van der Waals surface area contributed by atoms with Crippen LogP contribution in [0.5, 0.6) is 0 Å². The molecule has 4 nitrogen and oxygen atoms in total. The molecule has 12 rings (SSSR count). The highest BCUT2D eigenvalue weighted by atomic mass is 14.8. The standard InChI is InChI=1S/C57H40N4/c1-57-27-26-40-30-43(34-60-55(40)56(57)61-35-44(31-57)50-23-11-15-37-13-3-5-17-46(37)50)49-19-7-9-21-52(49)51-20-8-6-18-48(51)42-29-39-25-24-38-28-41(32-58-53(38)54(39)59-33-42)47-22-10-14-36-12-2-4-16-45(36)47/h2-23,26-30,32-35H,24-25,31H2,1H3. The lowest BCUT2D eigenvalue weighted by Gasteiger charge is -2.35. The third-order valence-corrected chi connectivity index (χ3v) is 13.0. The lowest BCUT2D eigenvalue weighted by molar-refractivity contribution is 0.608. The number of hydrogen-bond donors (Lipinski definition) is 0. The molecule has 9 aromatic rings. The first-order valence-corrected chi connectivity index (χ1v) is 21.2. The molecule has 3 aromatic heterocycles. The normalized spacial score (nSPS) is 16.3. The molecule has 2 aliphatic carbocycles. The average molecular weight is 781 g/mol. The Bertz CT molecular complexity index is 3360. The summed E-state index contributed by atoms with van der Waals surface area (Å²) in [6.07, 6.45) is 15.4. The molecule has 3 aliphatic rings. The maximum atomic E-state index is 5.16. The SMILES string of the molecule is CC12C=Cc3cc(-c4ccccc4-c4ccccc4-c4cnc5c(c4)CCc4cc(-c6cccc7ccccc67)cnc4-5)cnc3C1=NC=C(c1cccc3ccccc13)C2. The number of rotatable bonds is 5. The summed E-state index contributed by atoms with van der Waals surface area (Å²) >= 11 is 0. The summed E-state index contributed by atoms with van der Waals surface area (Å²) in [4.78, 5) is 20.5. The lowest BCUT2D eigenvalue weighted by atomic mass is 9.71. The van der Waals surface area contributed by atoms with E-state index >= 15 is 0 Å². The maximum Gasteiger partial charge on any atom is 0.0926 e. The Morgan fingerprint density at radius 2 is 0.934 bits per heavy atom. The van der Waals surface area contributed by atoms with Gasteiger partial charge in [-0.2, -0.15) is 0 Å². The van der Waals surface area contributed by atoms with E-state index in [1.54, 1.807) is 0 Å². The van der Waals surface area contributed by atoms with E-state index in [2.05, 4.69) is 177 Å². The number of fused-ring (bicyclic) bond motifs is 8. The Kier molecular flexibility index (Phi) is 8.14. The van der Waals surface area contributed by atoms with E-state index in [0.717, 1.165) is 86.6 Å². The minimum absolute atomic E-state index is 0.249. The predicted molar refractivity (Wildman–Crippen MR) is 252 cm³/mol. The van der Waals surface area contributed by atoms with Crippen LogP contribution in [0.2, 0.25) is 0 Å². The second kappa shape index (κ2) is 14.0. The molecule has 1 aliphatic heterocycles. The van der Waals surface area contributed by atoms with Crippen LogP contribution in [0.15, 0.2) is 188 Å². The molecule has 0 radical (unpaired) electrons. The summed E-state index contributed by atoms with van der Waals surface area (Å²) in [6, 6.07) is 54.5. The zero-order chi connectivity index (χ0) is 40.5. The summed E-state index contributed by atoms with van der Waals surface area (Å²) in [6.45, 7) is 2.29. The van der Waals surface area contributed by atoms with Crippen molar-refractivity contribution in [1.29, 1.82) is 0 Å². The first-order chi connectivity index (χ1) is 30.1. The molecule has 0 fully saturated rings. The van der Waals surface area contributed by atoms with Crippen LogP contribution < -0.4 is 0 Å². The summed E-state index contributed by atoms with van der Waals surface area (Å²) in [5, 5.41) is 5.00. The molecule has 1 atom stereocenters. The zero-order valence-corrected chi connectivity index (χ0v) is 33.8. The third kappa shape index (κ3) is 5.90. The average Bonchev–Trinajstić information content (AvgIpc) is 3.32. The molecule has 0 spiro atoms. The number of allylic oxidation sites excluding steroid dienone is 2. The van der Waals surface area contributed by atoms with Crippen molar-refractivity contribution in [2.45, 2.75) is 26.2 Å². The highest BCUT2D eigenvalue weighted by Gasteiger charge is 2.37. The molecular formula is C57H40N4. The topological polar surface area (TPSA) is 51.0 Å². The van der Waals surface area contributed by atoms with Crippen LogP contribution >= 0.6 is 0 Å². The van der Waals surface area contributed by atoms with Gasteiger partial charge in [0.25, 0.3) is 0 Å². The van der Waals surface area contributed by atoms with Gasteiger partial charge in [0, 0.05) is 52.5 Å². The number of pyridine rings is 3. The predicted octanol–water partition coefficient (Wildman–Crippen LogP) is 13.9. The minimum Gasteiger partial charge on any atom is -0.258 e. The maximum absolute atomic E-state index is 5.16. The van der Waals surface area contributed by atoms with Crippen molar-refractivity contribution in [3.8, 4) is 55.9 Å². The quantitative estimate of drug-likeness (QED) is 0.175. The van der Waals surface area contributed by atoms with E-state index < -0.39 is 0 Å².